The average Bonchev–Trinajstić information content (AvgIpc) is 2.95. The SMILES string of the molecule is CCNC(=O)C(C)C(Sc1nc2ccccc2s1)C(=O)NCC. The fourth-order valence-corrected chi connectivity index (χ4v) is 4.50. The molecule has 1 aromatic carbocycles. The number of carbonyl (C=O) groups is 2. The summed E-state index contributed by atoms with van der Waals surface area (Å²) in [7, 11) is 0. The Morgan fingerprint density at radius 2 is 1.83 bits per heavy atom. The molecule has 1 heterocycles. The number of para-hydroxylation sites is 1. The van der Waals surface area contributed by atoms with Crippen molar-refractivity contribution in [3.63, 3.8) is 0 Å². The second kappa shape index (κ2) is 8.31. The van der Waals surface area contributed by atoms with Gasteiger partial charge in [0.15, 0.2) is 4.34 Å². The van der Waals surface area contributed by atoms with E-state index in [4.69, 9.17) is 0 Å². The third kappa shape index (κ3) is 4.45. The minimum absolute atomic E-state index is 0.114. The predicted octanol–water partition coefficient (Wildman–Crippen LogP) is 2.67. The van der Waals surface area contributed by atoms with E-state index in [0.29, 0.717) is 13.1 Å². The third-order valence-electron chi connectivity index (χ3n) is 3.33. The van der Waals surface area contributed by atoms with Crippen LogP contribution in [0.15, 0.2) is 28.6 Å². The smallest absolute Gasteiger partial charge is 0.234 e. The number of hydrogen-bond acceptors (Lipinski definition) is 5. The van der Waals surface area contributed by atoms with E-state index in [1.165, 1.54) is 11.8 Å². The normalized spacial score (nSPS) is 13.5. The van der Waals surface area contributed by atoms with Crippen molar-refractivity contribution < 1.29 is 9.59 Å². The summed E-state index contributed by atoms with van der Waals surface area (Å²) in [6.45, 7) is 6.61. The number of benzene rings is 1. The van der Waals surface area contributed by atoms with Gasteiger partial charge in [-0.25, -0.2) is 4.98 Å². The molecule has 2 unspecified atom stereocenters. The molecular formula is C16H21N3O2S2. The summed E-state index contributed by atoms with van der Waals surface area (Å²) in [5.74, 6) is -0.675. The van der Waals surface area contributed by atoms with Crippen LogP contribution in [-0.4, -0.2) is 35.1 Å². The highest BCUT2D eigenvalue weighted by atomic mass is 32.2. The minimum atomic E-state index is -0.498. The lowest BCUT2D eigenvalue weighted by atomic mass is 10.1. The van der Waals surface area contributed by atoms with E-state index in [0.717, 1.165) is 14.6 Å². The lowest BCUT2D eigenvalue weighted by Crippen LogP contribution is -2.43. The molecule has 7 heteroatoms. The monoisotopic (exact) mass is 351 g/mol. The zero-order valence-corrected chi connectivity index (χ0v) is 15.1. The maximum Gasteiger partial charge on any atom is 0.234 e. The molecule has 2 rings (SSSR count). The van der Waals surface area contributed by atoms with Gasteiger partial charge in [-0.2, -0.15) is 0 Å². The minimum Gasteiger partial charge on any atom is -0.356 e. The highest BCUT2D eigenvalue weighted by molar-refractivity contribution is 8.02. The Hall–Kier alpha value is -1.60. The summed E-state index contributed by atoms with van der Waals surface area (Å²) in [6, 6.07) is 7.86. The molecule has 2 amide bonds. The van der Waals surface area contributed by atoms with Crippen LogP contribution >= 0.6 is 23.1 Å². The molecular weight excluding hydrogens is 330 g/mol. The van der Waals surface area contributed by atoms with Crippen LogP contribution in [0.3, 0.4) is 0 Å². The molecule has 0 saturated heterocycles. The lowest BCUT2D eigenvalue weighted by Gasteiger charge is -2.20. The molecule has 2 atom stereocenters. The number of nitrogens with one attached hydrogen (secondary N) is 2. The quantitative estimate of drug-likeness (QED) is 0.753. The molecule has 23 heavy (non-hydrogen) atoms. The summed E-state index contributed by atoms with van der Waals surface area (Å²) in [4.78, 5) is 29.1. The van der Waals surface area contributed by atoms with Gasteiger partial charge in [-0.3, -0.25) is 9.59 Å². The zero-order valence-electron chi connectivity index (χ0n) is 13.5. The van der Waals surface area contributed by atoms with Gasteiger partial charge in [0.1, 0.15) is 5.25 Å². The van der Waals surface area contributed by atoms with Crippen molar-refractivity contribution >= 4 is 45.1 Å². The fourth-order valence-electron chi connectivity index (χ4n) is 2.14. The lowest BCUT2D eigenvalue weighted by molar-refractivity contribution is -0.129. The predicted molar refractivity (Wildman–Crippen MR) is 95.8 cm³/mol. The molecule has 0 spiro atoms. The van der Waals surface area contributed by atoms with Crippen molar-refractivity contribution in [2.75, 3.05) is 13.1 Å². The summed E-state index contributed by atoms with van der Waals surface area (Å²) in [5.41, 5.74) is 0.917. The Balaban J connectivity index is 2.22. The molecule has 2 N–H and O–H groups in total. The second-order valence-electron chi connectivity index (χ2n) is 5.06. The summed E-state index contributed by atoms with van der Waals surface area (Å²) < 4.78 is 1.88. The summed E-state index contributed by atoms with van der Waals surface area (Å²) in [5, 5.41) is 5.10. The number of carbonyl (C=O) groups excluding carboxylic acids is 2. The van der Waals surface area contributed by atoms with E-state index in [-0.39, 0.29) is 11.8 Å². The van der Waals surface area contributed by atoms with Crippen molar-refractivity contribution in [3.05, 3.63) is 24.3 Å². The van der Waals surface area contributed by atoms with Crippen LogP contribution < -0.4 is 10.6 Å². The Morgan fingerprint density at radius 1 is 1.17 bits per heavy atom. The maximum absolute atomic E-state index is 12.4. The number of hydrogen-bond donors (Lipinski definition) is 2. The van der Waals surface area contributed by atoms with Crippen LogP contribution in [0.1, 0.15) is 20.8 Å². The van der Waals surface area contributed by atoms with Crippen molar-refractivity contribution in [2.45, 2.75) is 30.4 Å². The first-order valence-corrected chi connectivity index (χ1v) is 9.34. The van der Waals surface area contributed by atoms with Gasteiger partial charge in [-0.15, -0.1) is 11.3 Å². The van der Waals surface area contributed by atoms with Crippen LogP contribution in [0.4, 0.5) is 0 Å². The van der Waals surface area contributed by atoms with Gasteiger partial charge < -0.3 is 10.6 Å². The second-order valence-corrected chi connectivity index (χ2v) is 7.48. The van der Waals surface area contributed by atoms with Crippen molar-refractivity contribution in [1.29, 1.82) is 0 Å². The van der Waals surface area contributed by atoms with E-state index in [9.17, 15) is 9.59 Å². The third-order valence-corrected chi connectivity index (χ3v) is 5.87. The number of thiazole rings is 1. The van der Waals surface area contributed by atoms with Gasteiger partial charge in [-0.1, -0.05) is 30.8 Å². The maximum atomic E-state index is 12.4. The Kier molecular flexibility index (Phi) is 6.41. The highest BCUT2D eigenvalue weighted by Gasteiger charge is 2.31. The first-order chi connectivity index (χ1) is 11.1. The van der Waals surface area contributed by atoms with Crippen LogP contribution in [0.2, 0.25) is 0 Å². The number of fused-ring (bicyclic) bond motifs is 1. The fraction of sp³-hybridized carbons (Fsp3) is 0.438. The van der Waals surface area contributed by atoms with Crippen LogP contribution in [-0.2, 0) is 9.59 Å². The van der Waals surface area contributed by atoms with Gasteiger partial charge in [0.2, 0.25) is 11.8 Å². The topological polar surface area (TPSA) is 71.1 Å². The Labute approximate surface area is 144 Å². The van der Waals surface area contributed by atoms with Gasteiger partial charge in [0, 0.05) is 13.1 Å². The Morgan fingerprint density at radius 3 is 2.48 bits per heavy atom. The molecule has 124 valence electrons. The van der Waals surface area contributed by atoms with E-state index in [1.54, 1.807) is 18.3 Å². The van der Waals surface area contributed by atoms with Crippen LogP contribution in [0.25, 0.3) is 10.2 Å². The number of nitrogens with zero attached hydrogens (tertiary/aromatic N) is 1. The first kappa shape index (κ1) is 17.7. The van der Waals surface area contributed by atoms with E-state index in [2.05, 4.69) is 15.6 Å². The van der Waals surface area contributed by atoms with Crippen LogP contribution in [0.5, 0.6) is 0 Å². The standard InChI is InChI=1S/C16H21N3O2S2/c1-4-17-14(20)10(3)13(15(21)18-5-2)23-16-19-11-8-6-7-9-12(11)22-16/h6-10,13H,4-5H2,1-3H3,(H,17,20)(H,18,21). The zero-order chi connectivity index (χ0) is 16.8. The highest BCUT2D eigenvalue weighted by Crippen LogP contribution is 2.34. The van der Waals surface area contributed by atoms with E-state index < -0.39 is 11.2 Å². The molecule has 1 aromatic heterocycles. The average molecular weight is 351 g/mol. The van der Waals surface area contributed by atoms with Crippen molar-refractivity contribution in [1.82, 2.24) is 15.6 Å². The molecule has 0 aliphatic heterocycles. The number of thioether (sulfide) groups is 1. The molecule has 0 fully saturated rings. The van der Waals surface area contributed by atoms with Gasteiger partial charge in [0.05, 0.1) is 16.1 Å². The van der Waals surface area contributed by atoms with Gasteiger partial charge >= 0.3 is 0 Å². The molecule has 0 radical (unpaired) electrons. The number of rotatable bonds is 7. The van der Waals surface area contributed by atoms with Crippen molar-refractivity contribution in [2.24, 2.45) is 5.92 Å². The first-order valence-electron chi connectivity index (χ1n) is 7.64. The summed E-state index contributed by atoms with van der Waals surface area (Å²) in [6.07, 6.45) is 0. The van der Waals surface area contributed by atoms with Gasteiger partial charge in [0.25, 0.3) is 0 Å². The molecule has 0 aliphatic carbocycles. The Bertz CT molecular complexity index is 654. The molecule has 0 saturated carbocycles. The van der Waals surface area contributed by atoms with Gasteiger partial charge in [-0.05, 0) is 26.0 Å². The molecule has 2 aromatic rings. The molecule has 0 bridgehead atoms. The molecule has 5 nitrogen and oxygen atoms in total. The largest absolute Gasteiger partial charge is 0.356 e. The molecule has 0 aliphatic rings. The van der Waals surface area contributed by atoms with Crippen molar-refractivity contribution in [3.8, 4) is 0 Å². The summed E-state index contributed by atoms with van der Waals surface area (Å²) >= 11 is 2.90. The van der Waals surface area contributed by atoms with Crippen LogP contribution in [0, 0.1) is 5.92 Å². The van der Waals surface area contributed by atoms with E-state index >= 15 is 0 Å². The number of amides is 2. The van der Waals surface area contributed by atoms with E-state index in [1.807, 2.05) is 38.1 Å². The number of aromatic nitrogens is 1.